The fourth-order valence-corrected chi connectivity index (χ4v) is 1.74. The molecular weight excluding hydrogens is 204 g/mol. The first-order valence-electron chi connectivity index (χ1n) is 6.03. The molecule has 2 unspecified atom stereocenters. The molecule has 1 aliphatic heterocycles. The number of hydrogen-bond acceptors (Lipinski definition) is 3. The highest BCUT2D eigenvalue weighted by atomic mass is 16.5. The number of hydrogen-bond donors (Lipinski definition) is 3. The lowest BCUT2D eigenvalue weighted by Crippen LogP contribution is -2.56. The molecule has 1 fully saturated rings. The number of aliphatic imine (C=N–C) groups is 1. The van der Waals surface area contributed by atoms with Crippen LogP contribution in [0.1, 0.15) is 40.0 Å². The number of nitrogens with one attached hydrogen (secondary N) is 2. The Balaban J connectivity index is 2.51. The maximum Gasteiger partial charge on any atom is 0.206 e. The summed E-state index contributed by atoms with van der Waals surface area (Å²) in [5, 5.41) is 3.34. The Labute approximate surface area is 97.8 Å². The molecule has 0 aliphatic carbocycles. The van der Waals surface area contributed by atoms with Crippen molar-refractivity contribution < 1.29 is 4.74 Å². The molecule has 1 saturated heterocycles. The summed E-state index contributed by atoms with van der Waals surface area (Å²) in [6.07, 6.45) is 3.37. The van der Waals surface area contributed by atoms with Crippen LogP contribution in [0.4, 0.5) is 0 Å². The third kappa shape index (κ3) is 3.35. The van der Waals surface area contributed by atoms with E-state index in [1.807, 2.05) is 0 Å². The summed E-state index contributed by atoms with van der Waals surface area (Å²) in [5.41, 5.74) is 2.54. The van der Waals surface area contributed by atoms with Crippen LogP contribution in [0.2, 0.25) is 0 Å². The maximum absolute atomic E-state index is 5.55. The van der Waals surface area contributed by atoms with Gasteiger partial charge >= 0.3 is 0 Å². The number of nitrogens with zero attached hydrogens (tertiary/aromatic N) is 1. The van der Waals surface area contributed by atoms with Crippen LogP contribution in [0.15, 0.2) is 4.99 Å². The molecule has 1 heterocycles. The molecule has 94 valence electrons. The standard InChI is InChI=1S/C11H24N4O/c1-4-5-7-13-10(15-12)14-11(3)6-8-16-9(11)2/h9H,4-8,12H2,1-3H3,(H2,13,14,15). The summed E-state index contributed by atoms with van der Waals surface area (Å²) in [5.74, 6) is 6.11. The van der Waals surface area contributed by atoms with E-state index in [0.717, 1.165) is 32.4 Å². The van der Waals surface area contributed by atoms with Gasteiger partial charge in [-0.15, -0.1) is 0 Å². The van der Waals surface area contributed by atoms with Crippen molar-refractivity contribution in [2.45, 2.75) is 51.7 Å². The minimum absolute atomic E-state index is 0.0720. The van der Waals surface area contributed by atoms with Crippen molar-refractivity contribution in [3.8, 4) is 0 Å². The largest absolute Gasteiger partial charge is 0.376 e. The number of guanidine groups is 1. The van der Waals surface area contributed by atoms with E-state index >= 15 is 0 Å². The van der Waals surface area contributed by atoms with Gasteiger partial charge in [0.1, 0.15) is 0 Å². The molecule has 16 heavy (non-hydrogen) atoms. The lowest BCUT2D eigenvalue weighted by atomic mass is 9.95. The maximum atomic E-state index is 5.55. The van der Waals surface area contributed by atoms with Crippen LogP contribution in [0.3, 0.4) is 0 Å². The third-order valence-corrected chi connectivity index (χ3v) is 3.21. The topological polar surface area (TPSA) is 71.7 Å². The Bertz CT molecular complexity index is 244. The van der Waals surface area contributed by atoms with E-state index in [0.29, 0.717) is 5.96 Å². The quantitative estimate of drug-likeness (QED) is 0.218. The zero-order chi connectivity index (χ0) is 12.0. The number of ether oxygens (including phenoxy) is 1. The molecule has 2 atom stereocenters. The van der Waals surface area contributed by atoms with E-state index in [-0.39, 0.29) is 11.6 Å². The fourth-order valence-electron chi connectivity index (χ4n) is 1.74. The average molecular weight is 228 g/mol. The summed E-state index contributed by atoms with van der Waals surface area (Å²) in [7, 11) is 0. The highest BCUT2D eigenvalue weighted by molar-refractivity contribution is 5.80. The molecule has 0 aromatic carbocycles. The number of nitrogens with two attached hydrogens (primary N) is 1. The Kier molecular flexibility index (Phi) is 5.02. The summed E-state index contributed by atoms with van der Waals surface area (Å²) < 4.78 is 5.55. The van der Waals surface area contributed by atoms with E-state index in [1.165, 1.54) is 0 Å². The van der Waals surface area contributed by atoms with Crippen LogP contribution in [0.25, 0.3) is 0 Å². The summed E-state index contributed by atoms with van der Waals surface area (Å²) >= 11 is 0. The molecular formula is C11H24N4O. The summed E-state index contributed by atoms with van der Waals surface area (Å²) in [6, 6.07) is 0. The van der Waals surface area contributed by atoms with Gasteiger partial charge in [-0.2, -0.15) is 0 Å². The molecule has 0 aromatic rings. The first-order chi connectivity index (χ1) is 7.62. The van der Waals surface area contributed by atoms with Crippen molar-refractivity contribution in [3.63, 3.8) is 0 Å². The van der Waals surface area contributed by atoms with Gasteiger partial charge in [0.25, 0.3) is 0 Å². The Morgan fingerprint density at radius 3 is 2.88 bits per heavy atom. The fraction of sp³-hybridized carbons (Fsp3) is 0.909. The second-order valence-electron chi connectivity index (χ2n) is 4.53. The highest BCUT2D eigenvalue weighted by Gasteiger charge is 2.37. The van der Waals surface area contributed by atoms with Gasteiger partial charge in [-0.3, -0.25) is 10.4 Å². The first kappa shape index (κ1) is 13.3. The molecule has 1 rings (SSSR count). The van der Waals surface area contributed by atoms with E-state index in [1.54, 1.807) is 0 Å². The molecule has 0 saturated carbocycles. The molecule has 0 aromatic heterocycles. The van der Waals surface area contributed by atoms with Gasteiger partial charge < -0.3 is 10.1 Å². The molecule has 0 spiro atoms. The zero-order valence-corrected chi connectivity index (χ0v) is 10.5. The van der Waals surface area contributed by atoms with Crippen LogP contribution in [0.5, 0.6) is 0 Å². The van der Waals surface area contributed by atoms with E-state index in [9.17, 15) is 0 Å². The highest BCUT2D eigenvalue weighted by Crippen LogP contribution is 2.24. The van der Waals surface area contributed by atoms with Gasteiger partial charge in [-0.25, -0.2) is 5.84 Å². The van der Waals surface area contributed by atoms with Gasteiger partial charge in [-0.1, -0.05) is 13.3 Å². The zero-order valence-electron chi connectivity index (χ0n) is 10.5. The predicted octanol–water partition coefficient (Wildman–Crippen LogP) is 0.763. The van der Waals surface area contributed by atoms with Gasteiger partial charge in [0.05, 0.1) is 11.6 Å². The lowest BCUT2D eigenvalue weighted by molar-refractivity contribution is 0.0945. The molecule has 5 nitrogen and oxygen atoms in total. The number of rotatable bonds is 4. The predicted molar refractivity (Wildman–Crippen MR) is 66.1 cm³/mol. The van der Waals surface area contributed by atoms with Crippen molar-refractivity contribution in [2.75, 3.05) is 13.2 Å². The monoisotopic (exact) mass is 228 g/mol. The summed E-state index contributed by atoms with van der Waals surface area (Å²) in [4.78, 5) is 4.39. The second kappa shape index (κ2) is 6.06. The third-order valence-electron chi connectivity index (χ3n) is 3.21. The number of hydrazine groups is 1. The molecule has 5 heteroatoms. The Morgan fingerprint density at radius 1 is 1.62 bits per heavy atom. The van der Waals surface area contributed by atoms with Crippen molar-refractivity contribution >= 4 is 5.96 Å². The average Bonchev–Trinajstić information content (AvgIpc) is 2.58. The van der Waals surface area contributed by atoms with Crippen molar-refractivity contribution in [2.24, 2.45) is 10.8 Å². The van der Waals surface area contributed by atoms with Crippen LogP contribution in [0, 0.1) is 0 Å². The van der Waals surface area contributed by atoms with E-state index in [2.05, 4.69) is 36.5 Å². The van der Waals surface area contributed by atoms with Gasteiger partial charge in [0.2, 0.25) is 5.96 Å². The minimum Gasteiger partial charge on any atom is -0.376 e. The minimum atomic E-state index is -0.0720. The SMILES string of the molecule is CCCCN=C(NN)NC1(C)CCOC1C. The van der Waals surface area contributed by atoms with Crippen LogP contribution < -0.4 is 16.6 Å². The Hall–Kier alpha value is -0.810. The smallest absolute Gasteiger partial charge is 0.206 e. The van der Waals surface area contributed by atoms with Gasteiger partial charge in [0.15, 0.2) is 0 Å². The van der Waals surface area contributed by atoms with Crippen molar-refractivity contribution in [1.29, 1.82) is 0 Å². The molecule has 1 aliphatic rings. The second-order valence-corrected chi connectivity index (χ2v) is 4.53. The van der Waals surface area contributed by atoms with Gasteiger partial charge in [0, 0.05) is 13.2 Å². The van der Waals surface area contributed by atoms with E-state index < -0.39 is 0 Å². The molecule has 4 N–H and O–H groups in total. The van der Waals surface area contributed by atoms with Crippen LogP contribution >= 0.6 is 0 Å². The molecule has 0 amide bonds. The normalized spacial score (nSPS) is 30.5. The molecule has 0 bridgehead atoms. The van der Waals surface area contributed by atoms with Gasteiger partial charge in [-0.05, 0) is 26.7 Å². The summed E-state index contributed by atoms with van der Waals surface area (Å²) in [6.45, 7) is 7.94. The van der Waals surface area contributed by atoms with Crippen LogP contribution in [-0.2, 0) is 4.74 Å². The number of unbranched alkanes of at least 4 members (excludes halogenated alkanes) is 1. The molecule has 0 radical (unpaired) electrons. The first-order valence-corrected chi connectivity index (χ1v) is 6.03. The Morgan fingerprint density at radius 2 is 2.38 bits per heavy atom. The van der Waals surface area contributed by atoms with Crippen molar-refractivity contribution in [1.82, 2.24) is 10.7 Å². The lowest BCUT2D eigenvalue weighted by Gasteiger charge is -2.30. The van der Waals surface area contributed by atoms with E-state index in [4.69, 9.17) is 10.6 Å². The van der Waals surface area contributed by atoms with Crippen molar-refractivity contribution in [3.05, 3.63) is 0 Å². The van der Waals surface area contributed by atoms with Crippen LogP contribution in [-0.4, -0.2) is 30.8 Å².